The number of carbonyl (C=O) groups excluding carboxylic acids is 1. The second-order valence-electron chi connectivity index (χ2n) is 1.97. The lowest BCUT2D eigenvalue weighted by atomic mass is 10.4. The van der Waals surface area contributed by atoms with Crippen LogP contribution in [0.2, 0.25) is 0 Å². The first-order valence-electron chi connectivity index (χ1n) is 2.66. The molecule has 1 aliphatic heterocycles. The number of hydrogen-bond donors (Lipinski definition) is 0. The van der Waals surface area contributed by atoms with Crippen LogP contribution in [0.25, 0.3) is 0 Å². The maximum Gasteiger partial charge on any atom is 0.356 e. The van der Waals surface area contributed by atoms with E-state index in [0.29, 0.717) is 0 Å². The van der Waals surface area contributed by atoms with Gasteiger partial charge in [0.2, 0.25) is 0 Å². The molecule has 0 aromatic carbocycles. The van der Waals surface area contributed by atoms with Crippen molar-refractivity contribution in [3.05, 3.63) is 16.3 Å². The lowest BCUT2D eigenvalue weighted by molar-refractivity contribution is 0.0763. The van der Waals surface area contributed by atoms with Crippen LogP contribution in [0.15, 0.2) is 15.7 Å². The first-order chi connectivity index (χ1) is 5.11. The van der Waals surface area contributed by atoms with Gasteiger partial charge in [-0.05, 0) is 0 Å². The SMILES string of the molecule is O=C1OS(=O)(=O)c2cscc21. The van der Waals surface area contributed by atoms with Crippen LogP contribution in [0.1, 0.15) is 10.4 Å². The number of rotatable bonds is 0. The molecule has 0 saturated carbocycles. The van der Waals surface area contributed by atoms with Crippen molar-refractivity contribution in [1.82, 2.24) is 0 Å². The van der Waals surface area contributed by atoms with Gasteiger partial charge >= 0.3 is 16.1 Å². The summed E-state index contributed by atoms with van der Waals surface area (Å²) in [7, 11) is -3.75. The second-order valence-corrected chi connectivity index (χ2v) is 4.23. The minimum absolute atomic E-state index is 0.00694. The number of carbonyl (C=O) groups is 1. The minimum atomic E-state index is -3.75. The third kappa shape index (κ3) is 0.795. The fourth-order valence-electron chi connectivity index (χ4n) is 0.817. The van der Waals surface area contributed by atoms with E-state index in [2.05, 4.69) is 4.18 Å². The highest BCUT2D eigenvalue weighted by molar-refractivity contribution is 7.87. The Labute approximate surface area is 66.5 Å². The highest BCUT2D eigenvalue weighted by atomic mass is 32.2. The zero-order valence-electron chi connectivity index (χ0n) is 5.10. The van der Waals surface area contributed by atoms with Crippen LogP contribution in [0.5, 0.6) is 0 Å². The molecule has 1 aliphatic rings. The van der Waals surface area contributed by atoms with Crippen molar-refractivity contribution >= 4 is 27.4 Å². The molecule has 0 fully saturated rings. The molecule has 0 saturated heterocycles. The molecule has 1 aromatic heterocycles. The molecule has 0 spiro atoms. The Morgan fingerprint density at radius 2 is 2.09 bits per heavy atom. The Morgan fingerprint density at radius 3 is 2.73 bits per heavy atom. The van der Waals surface area contributed by atoms with E-state index in [9.17, 15) is 13.2 Å². The number of fused-ring (bicyclic) bond motifs is 1. The van der Waals surface area contributed by atoms with Gasteiger partial charge in [-0.15, -0.1) is 11.3 Å². The standard InChI is InChI=1S/C5H2O4S2/c6-5-3-1-10-2-4(3)11(7,8)9-5/h1-2H. The molecule has 2 rings (SSSR count). The predicted octanol–water partition coefficient (Wildman–Crippen LogP) is 0.607. The molecule has 11 heavy (non-hydrogen) atoms. The summed E-state index contributed by atoms with van der Waals surface area (Å²) in [6.07, 6.45) is 0. The Balaban J connectivity index is 2.83. The molecule has 0 atom stereocenters. The summed E-state index contributed by atoms with van der Waals surface area (Å²) >= 11 is 1.17. The van der Waals surface area contributed by atoms with Crippen LogP contribution in [-0.2, 0) is 14.3 Å². The molecular formula is C5H2O4S2. The normalized spacial score (nSPS) is 19.5. The van der Waals surface area contributed by atoms with Crippen LogP contribution >= 0.6 is 11.3 Å². The van der Waals surface area contributed by atoms with Gasteiger partial charge in [0.25, 0.3) is 0 Å². The third-order valence-corrected chi connectivity index (χ3v) is 3.44. The van der Waals surface area contributed by atoms with Crippen LogP contribution in [0, 0.1) is 0 Å². The van der Waals surface area contributed by atoms with Gasteiger partial charge in [0.1, 0.15) is 4.90 Å². The zero-order valence-corrected chi connectivity index (χ0v) is 6.74. The maximum absolute atomic E-state index is 10.9. The summed E-state index contributed by atoms with van der Waals surface area (Å²) in [5.41, 5.74) is 0.148. The monoisotopic (exact) mass is 190 g/mol. The Morgan fingerprint density at radius 1 is 1.36 bits per heavy atom. The van der Waals surface area contributed by atoms with Crippen molar-refractivity contribution in [2.45, 2.75) is 4.90 Å². The quantitative estimate of drug-likeness (QED) is 0.562. The molecular weight excluding hydrogens is 188 g/mol. The molecule has 6 heteroatoms. The predicted molar refractivity (Wildman–Crippen MR) is 36.9 cm³/mol. The summed E-state index contributed by atoms with van der Waals surface area (Å²) in [5.74, 6) is -0.777. The van der Waals surface area contributed by atoms with Crippen LogP contribution in [0.4, 0.5) is 0 Å². The summed E-state index contributed by atoms with van der Waals surface area (Å²) in [6.45, 7) is 0. The van der Waals surface area contributed by atoms with Gasteiger partial charge in [0.05, 0.1) is 5.56 Å². The van der Waals surface area contributed by atoms with Crippen LogP contribution in [-0.4, -0.2) is 14.4 Å². The first-order valence-corrected chi connectivity index (χ1v) is 5.01. The van der Waals surface area contributed by atoms with E-state index in [1.165, 1.54) is 22.1 Å². The summed E-state index contributed by atoms with van der Waals surface area (Å²) < 4.78 is 25.9. The maximum atomic E-state index is 10.9. The Kier molecular flexibility index (Phi) is 1.13. The van der Waals surface area contributed by atoms with Crippen molar-refractivity contribution in [2.24, 2.45) is 0 Å². The molecule has 0 amide bonds. The van der Waals surface area contributed by atoms with E-state index in [0.717, 1.165) is 0 Å². The van der Waals surface area contributed by atoms with E-state index in [-0.39, 0.29) is 10.5 Å². The van der Waals surface area contributed by atoms with Crippen molar-refractivity contribution < 1.29 is 17.4 Å². The Bertz CT molecular complexity index is 413. The molecule has 2 heterocycles. The lowest BCUT2D eigenvalue weighted by Crippen LogP contribution is -1.99. The molecule has 1 aromatic rings. The zero-order chi connectivity index (χ0) is 8.06. The van der Waals surface area contributed by atoms with Gasteiger partial charge in [-0.1, -0.05) is 0 Å². The lowest BCUT2D eigenvalue weighted by Gasteiger charge is -1.88. The van der Waals surface area contributed by atoms with Crippen LogP contribution < -0.4 is 0 Å². The first kappa shape index (κ1) is 6.81. The van der Waals surface area contributed by atoms with Gasteiger partial charge < -0.3 is 4.18 Å². The minimum Gasteiger partial charge on any atom is -0.338 e. The van der Waals surface area contributed by atoms with Crippen molar-refractivity contribution in [3.8, 4) is 0 Å². The van der Waals surface area contributed by atoms with Gasteiger partial charge in [0, 0.05) is 10.8 Å². The van der Waals surface area contributed by atoms with E-state index in [1.807, 2.05) is 0 Å². The second kappa shape index (κ2) is 1.83. The van der Waals surface area contributed by atoms with E-state index >= 15 is 0 Å². The fourth-order valence-corrected chi connectivity index (χ4v) is 3.00. The van der Waals surface area contributed by atoms with E-state index in [4.69, 9.17) is 0 Å². The molecule has 4 nitrogen and oxygen atoms in total. The highest BCUT2D eigenvalue weighted by Gasteiger charge is 2.35. The number of hydrogen-bond acceptors (Lipinski definition) is 5. The molecule has 0 N–H and O–H groups in total. The molecule has 0 aliphatic carbocycles. The highest BCUT2D eigenvalue weighted by Crippen LogP contribution is 2.29. The van der Waals surface area contributed by atoms with E-state index in [1.54, 1.807) is 0 Å². The van der Waals surface area contributed by atoms with Gasteiger partial charge in [-0.25, -0.2) is 4.79 Å². The fraction of sp³-hybridized carbons (Fsp3) is 0. The average molecular weight is 190 g/mol. The van der Waals surface area contributed by atoms with Crippen molar-refractivity contribution in [1.29, 1.82) is 0 Å². The smallest absolute Gasteiger partial charge is 0.338 e. The topological polar surface area (TPSA) is 60.4 Å². The van der Waals surface area contributed by atoms with Crippen molar-refractivity contribution in [2.75, 3.05) is 0 Å². The van der Waals surface area contributed by atoms with Gasteiger partial charge in [0.15, 0.2) is 0 Å². The van der Waals surface area contributed by atoms with Gasteiger partial charge in [-0.3, -0.25) is 0 Å². The summed E-state index contributed by atoms with van der Waals surface area (Å²) in [5, 5.41) is 2.85. The molecule has 0 bridgehead atoms. The summed E-state index contributed by atoms with van der Waals surface area (Å²) in [6, 6.07) is 0. The largest absolute Gasteiger partial charge is 0.356 e. The van der Waals surface area contributed by atoms with Gasteiger partial charge in [-0.2, -0.15) is 8.42 Å². The third-order valence-electron chi connectivity index (χ3n) is 1.30. The van der Waals surface area contributed by atoms with E-state index < -0.39 is 16.1 Å². The Hall–Kier alpha value is -0.880. The summed E-state index contributed by atoms with van der Waals surface area (Å²) in [4.78, 5) is 10.7. The molecule has 0 radical (unpaired) electrons. The van der Waals surface area contributed by atoms with Crippen molar-refractivity contribution in [3.63, 3.8) is 0 Å². The number of thiophene rings is 1. The average Bonchev–Trinajstić information content (AvgIpc) is 2.37. The molecule has 58 valence electrons. The van der Waals surface area contributed by atoms with Crippen LogP contribution in [0.3, 0.4) is 0 Å². The molecule has 0 unspecified atom stereocenters.